The van der Waals surface area contributed by atoms with Crippen LogP contribution in [0.2, 0.25) is 0 Å². The van der Waals surface area contributed by atoms with Gasteiger partial charge in [-0.05, 0) is 63.5 Å². The maximum Gasteiger partial charge on any atom is 0.175 e. The second-order valence-electron chi connectivity index (χ2n) is 9.23. The molecule has 1 atom stereocenters. The SMILES string of the molecule is Cc1c(-c2cc(OC(C)c3cccc(S(C)(=O)=O)c3)c3c(C#N)cnn3c2)cnn1C1CCNCC1. The van der Waals surface area contributed by atoms with Crippen molar-refractivity contribution >= 4 is 15.4 Å². The van der Waals surface area contributed by atoms with E-state index < -0.39 is 15.9 Å². The summed E-state index contributed by atoms with van der Waals surface area (Å²) in [4.78, 5) is 0.234. The van der Waals surface area contributed by atoms with E-state index in [0.717, 1.165) is 48.3 Å². The zero-order chi connectivity index (χ0) is 25.4. The Morgan fingerprint density at radius 2 is 1.97 bits per heavy atom. The molecule has 1 saturated heterocycles. The summed E-state index contributed by atoms with van der Waals surface area (Å²) in [5, 5.41) is 22.1. The van der Waals surface area contributed by atoms with Crippen molar-refractivity contribution in [3.05, 3.63) is 65.7 Å². The van der Waals surface area contributed by atoms with Gasteiger partial charge in [0.25, 0.3) is 0 Å². The van der Waals surface area contributed by atoms with Gasteiger partial charge in [-0.3, -0.25) is 4.68 Å². The fourth-order valence-electron chi connectivity index (χ4n) is 4.79. The maximum absolute atomic E-state index is 12.0. The maximum atomic E-state index is 12.0. The summed E-state index contributed by atoms with van der Waals surface area (Å²) in [6.45, 7) is 5.88. The molecular weight excluding hydrogens is 476 g/mol. The summed E-state index contributed by atoms with van der Waals surface area (Å²) in [6.07, 6.45) is 8.05. The smallest absolute Gasteiger partial charge is 0.175 e. The molecule has 0 saturated carbocycles. The Bertz CT molecular complexity index is 1570. The molecule has 1 N–H and O–H groups in total. The van der Waals surface area contributed by atoms with Gasteiger partial charge < -0.3 is 10.1 Å². The summed E-state index contributed by atoms with van der Waals surface area (Å²) in [5.74, 6) is 0.493. The molecule has 186 valence electrons. The normalized spacial score (nSPS) is 15.6. The minimum absolute atomic E-state index is 0.234. The number of aromatic nitrogens is 4. The second kappa shape index (κ2) is 9.41. The van der Waals surface area contributed by atoms with Crippen LogP contribution in [-0.2, 0) is 9.84 Å². The van der Waals surface area contributed by atoms with Crippen LogP contribution in [0.3, 0.4) is 0 Å². The highest BCUT2D eigenvalue weighted by Gasteiger charge is 2.22. The lowest BCUT2D eigenvalue weighted by atomic mass is 10.0. The van der Waals surface area contributed by atoms with Crippen LogP contribution in [-0.4, -0.2) is 47.2 Å². The third-order valence-electron chi connectivity index (χ3n) is 6.77. The number of nitriles is 1. The van der Waals surface area contributed by atoms with Crippen molar-refractivity contribution in [3.63, 3.8) is 0 Å². The number of pyridine rings is 1. The second-order valence-corrected chi connectivity index (χ2v) is 11.2. The molecule has 1 aromatic carbocycles. The van der Waals surface area contributed by atoms with Crippen molar-refractivity contribution in [2.24, 2.45) is 0 Å². The van der Waals surface area contributed by atoms with Crippen molar-refractivity contribution in [1.29, 1.82) is 5.26 Å². The highest BCUT2D eigenvalue weighted by atomic mass is 32.2. The molecule has 10 heteroatoms. The highest BCUT2D eigenvalue weighted by molar-refractivity contribution is 7.90. The van der Waals surface area contributed by atoms with Crippen molar-refractivity contribution in [1.82, 2.24) is 24.7 Å². The van der Waals surface area contributed by atoms with Gasteiger partial charge in [0.1, 0.15) is 29.0 Å². The monoisotopic (exact) mass is 504 g/mol. The predicted molar refractivity (Wildman–Crippen MR) is 136 cm³/mol. The quantitative estimate of drug-likeness (QED) is 0.424. The first kappa shape index (κ1) is 24.0. The van der Waals surface area contributed by atoms with Gasteiger partial charge in [0.2, 0.25) is 0 Å². The number of hydrogen-bond acceptors (Lipinski definition) is 7. The zero-order valence-electron chi connectivity index (χ0n) is 20.5. The molecule has 5 rings (SSSR count). The average Bonchev–Trinajstić information content (AvgIpc) is 3.47. The van der Waals surface area contributed by atoms with E-state index in [0.29, 0.717) is 22.9 Å². The third-order valence-corrected chi connectivity index (χ3v) is 7.88. The van der Waals surface area contributed by atoms with Gasteiger partial charge in [-0.15, -0.1) is 0 Å². The summed E-state index contributed by atoms with van der Waals surface area (Å²) in [6, 6.07) is 11.2. The topological polar surface area (TPSA) is 114 Å². The summed E-state index contributed by atoms with van der Waals surface area (Å²) >= 11 is 0. The van der Waals surface area contributed by atoms with Crippen LogP contribution in [0, 0.1) is 18.3 Å². The summed E-state index contributed by atoms with van der Waals surface area (Å²) in [7, 11) is -3.35. The number of sulfone groups is 1. The Morgan fingerprint density at radius 3 is 2.69 bits per heavy atom. The molecule has 9 nitrogen and oxygen atoms in total. The van der Waals surface area contributed by atoms with Crippen molar-refractivity contribution < 1.29 is 13.2 Å². The fourth-order valence-corrected chi connectivity index (χ4v) is 5.46. The van der Waals surface area contributed by atoms with Gasteiger partial charge in [-0.1, -0.05) is 12.1 Å². The van der Waals surface area contributed by atoms with Crippen LogP contribution in [0.15, 0.2) is 53.8 Å². The van der Waals surface area contributed by atoms with Crippen molar-refractivity contribution in [3.8, 4) is 22.9 Å². The molecule has 4 aromatic rings. The first-order chi connectivity index (χ1) is 17.3. The molecule has 36 heavy (non-hydrogen) atoms. The largest absolute Gasteiger partial charge is 0.484 e. The molecule has 0 bridgehead atoms. The average molecular weight is 505 g/mol. The van der Waals surface area contributed by atoms with Crippen LogP contribution in [0.5, 0.6) is 5.75 Å². The molecule has 0 spiro atoms. The van der Waals surface area contributed by atoms with Gasteiger partial charge in [0.15, 0.2) is 9.84 Å². The lowest BCUT2D eigenvalue weighted by Gasteiger charge is -2.24. The molecule has 0 aliphatic carbocycles. The Hall–Kier alpha value is -3.68. The Labute approximate surface area is 210 Å². The van der Waals surface area contributed by atoms with Crippen molar-refractivity contribution in [2.75, 3.05) is 19.3 Å². The van der Waals surface area contributed by atoms with Gasteiger partial charge in [0.05, 0.1) is 23.3 Å². The van der Waals surface area contributed by atoms with E-state index in [9.17, 15) is 13.7 Å². The molecule has 3 aromatic heterocycles. The Balaban J connectivity index is 1.55. The number of nitrogens with one attached hydrogen (secondary N) is 1. The standard InChI is InChI=1S/C26H28N6O3S/c1-17-24(15-30-32(17)22-7-9-28-10-8-22)20-12-25(26-21(13-27)14-29-31(26)16-20)35-18(2)19-5-4-6-23(11-19)36(3,33)34/h4-6,11-12,14-16,18,22,28H,7-10H2,1-3H3. The third kappa shape index (κ3) is 4.47. The molecule has 0 radical (unpaired) electrons. The molecular formula is C26H28N6O3S. The fraction of sp³-hybridized carbons (Fsp3) is 0.346. The Kier molecular flexibility index (Phi) is 6.28. The van der Waals surface area contributed by atoms with Gasteiger partial charge in [-0.2, -0.15) is 15.5 Å². The van der Waals surface area contributed by atoms with E-state index in [-0.39, 0.29) is 4.90 Å². The lowest BCUT2D eigenvalue weighted by molar-refractivity contribution is 0.229. The minimum atomic E-state index is -3.35. The van der Waals surface area contributed by atoms with Gasteiger partial charge in [-0.25, -0.2) is 12.9 Å². The van der Waals surface area contributed by atoms with Gasteiger partial charge >= 0.3 is 0 Å². The van der Waals surface area contributed by atoms with Crippen LogP contribution >= 0.6 is 0 Å². The number of ether oxygens (including phenoxy) is 1. The Morgan fingerprint density at radius 1 is 1.19 bits per heavy atom. The number of piperidine rings is 1. The number of hydrogen-bond donors (Lipinski definition) is 1. The molecule has 1 unspecified atom stereocenters. The number of benzene rings is 1. The molecule has 1 aliphatic rings. The minimum Gasteiger partial charge on any atom is -0.484 e. The molecule has 4 heterocycles. The number of fused-ring (bicyclic) bond motifs is 1. The zero-order valence-corrected chi connectivity index (χ0v) is 21.3. The highest BCUT2D eigenvalue weighted by Crippen LogP contribution is 2.35. The van der Waals surface area contributed by atoms with E-state index >= 15 is 0 Å². The summed E-state index contributed by atoms with van der Waals surface area (Å²) < 4.78 is 34.2. The number of rotatable bonds is 6. The van der Waals surface area contributed by atoms with Crippen molar-refractivity contribution in [2.45, 2.75) is 43.7 Å². The van der Waals surface area contributed by atoms with E-state index in [1.165, 1.54) is 12.5 Å². The first-order valence-electron chi connectivity index (χ1n) is 11.9. The number of nitrogens with zero attached hydrogens (tertiary/aromatic N) is 5. The van der Waals surface area contributed by atoms with E-state index in [4.69, 9.17) is 9.84 Å². The molecule has 1 aliphatic heterocycles. The van der Waals surface area contributed by atoms with Crippen LogP contribution in [0.25, 0.3) is 16.6 Å². The first-order valence-corrected chi connectivity index (χ1v) is 13.8. The van der Waals surface area contributed by atoms with Crippen LogP contribution < -0.4 is 10.1 Å². The molecule has 1 fully saturated rings. The van der Waals surface area contributed by atoms with Crippen LogP contribution in [0.4, 0.5) is 0 Å². The molecule has 0 amide bonds. The van der Waals surface area contributed by atoms with Gasteiger partial charge in [0, 0.05) is 29.3 Å². The van der Waals surface area contributed by atoms with E-state index in [1.807, 2.05) is 31.5 Å². The van der Waals surface area contributed by atoms with Crippen LogP contribution in [0.1, 0.15) is 48.7 Å². The summed E-state index contributed by atoms with van der Waals surface area (Å²) in [5.41, 5.74) is 4.59. The lowest BCUT2D eigenvalue weighted by Crippen LogP contribution is -2.30. The van der Waals surface area contributed by atoms with E-state index in [2.05, 4.69) is 28.1 Å². The van der Waals surface area contributed by atoms with E-state index in [1.54, 1.807) is 22.7 Å². The predicted octanol–water partition coefficient (Wildman–Crippen LogP) is 3.85.